The lowest BCUT2D eigenvalue weighted by Crippen LogP contribution is -2.50. The molecule has 2 aromatic heterocycles. The number of nitrogens with one attached hydrogen (secondary N) is 7. The van der Waals surface area contributed by atoms with Crippen LogP contribution in [0.25, 0.3) is 22.3 Å². The smallest absolute Gasteiger partial charge is 0.343 e. The maximum atomic E-state index is 15.5. The molecule has 1 unspecified atom stereocenters. The minimum absolute atomic E-state index is 0.00521. The van der Waals surface area contributed by atoms with Gasteiger partial charge in [-0.25, -0.2) is 14.2 Å². The lowest BCUT2D eigenvalue weighted by Gasteiger charge is -2.32. The Morgan fingerprint density at radius 1 is 0.713 bits per heavy atom. The fourth-order valence-corrected chi connectivity index (χ4v) is 10.8. The first-order chi connectivity index (χ1) is 41.8. The molecule has 29 nitrogen and oxygen atoms in total. The number of halogens is 1. The van der Waals surface area contributed by atoms with Crippen molar-refractivity contribution < 1.29 is 85.9 Å². The Kier molecular flexibility index (Phi) is 22.0. The van der Waals surface area contributed by atoms with E-state index in [9.17, 15) is 62.6 Å². The van der Waals surface area contributed by atoms with Crippen molar-refractivity contribution in [2.24, 2.45) is 0 Å². The molecule has 0 saturated carbocycles. The zero-order chi connectivity index (χ0) is 62.4. The number of fused-ring (bicyclic) bond motifs is 5. The maximum Gasteiger partial charge on any atom is 0.343 e. The van der Waals surface area contributed by atoms with Gasteiger partial charge in [0.2, 0.25) is 47.3 Å². The number of carbonyl (C=O) groups excluding carboxylic acids is 11. The van der Waals surface area contributed by atoms with Crippen LogP contribution in [0.4, 0.5) is 4.39 Å². The first kappa shape index (κ1) is 64.4. The Balaban J connectivity index is 0.663. The van der Waals surface area contributed by atoms with Gasteiger partial charge in [0.15, 0.2) is 5.60 Å². The second-order valence-corrected chi connectivity index (χ2v) is 21.0. The number of likely N-dealkylation sites (tertiary alicyclic amines) is 1. The van der Waals surface area contributed by atoms with Crippen molar-refractivity contribution in [3.8, 4) is 11.4 Å². The van der Waals surface area contributed by atoms with E-state index in [1.807, 2.05) is 0 Å². The molecular formula is C57H70FN11O18. The van der Waals surface area contributed by atoms with Gasteiger partial charge in [0.25, 0.3) is 17.4 Å². The molecule has 30 heteroatoms. The number of hydrogen-bond acceptors (Lipinski definition) is 19. The van der Waals surface area contributed by atoms with Gasteiger partial charge >= 0.3 is 5.97 Å². The molecule has 0 bridgehead atoms. The number of aliphatic hydroxyl groups is 1. The minimum atomic E-state index is -2.07. The van der Waals surface area contributed by atoms with Crippen molar-refractivity contribution in [3.05, 3.63) is 73.8 Å². The summed E-state index contributed by atoms with van der Waals surface area (Å²) in [5, 5.41) is 29.6. The van der Waals surface area contributed by atoms with Crippen molar-refractivity contribution >= 4 is 75.9 Å². The molecule has 4 aliphatic heterocycles. The first-order valence-electron chi connectivity index (χ1n) is 28.7. The number of pyridine rings is 2. The summed E-state index contributed by atoms with van der Waals surface area (Å²) in [4.78, 5) is 158. The van der Waals surface area contributed by atoms with E-state index in [-0.39, 0.29) is 109 Å². The van der Waals surface area contributed by atoms with Gasteiger partial charge in [0.05, 0.1) is 121 Å². The van der Waals surface area contributed by atoms with E-state index in [1.54, 1.807) is 19.9 Å². The number of cyclic esters (lactones) is 1. The van der Waals surface area contributed by atoms with Crippen LogP contribution in [0.3, 0.4) is 0 Å². The number of aryl methyl sites for hydroxylation is 1. The lowest BCUT2D eigenvalue weighted by atomic mass is 9.81. The third-order valence-corrected chi connectivity index (χ3v) is 15.4. The van der Waals surface area contributed by atoms with Crippen LogP contribution >= 0.6 is 0 Å². The minimum Gasteiger partial charge on any atom is -0.458 e. The number of aromatic nitrogens is 2. The molecule has 3 aromatic rings. The first-order valence-corrected chi connectivity index (χ1v) is 28.7. The second kappa shape index (κ2) is 29.7. The van der Waals surface area contributed by atoms with Gasteiger partial charge in [-0.15, -0.1) is 0 Å². The predicted molar refractivity (Wildman–Crippen MR) is 300 cm³/mol. The summed E-state index contributed by atoms with van der Waals surface area (Å²) in [7, 11) is 0. The Morgan fingerprint density at radius 3 is 1.91 bits per heavy atom. The van der Waals surface area contributed by atoms with E-state index in [4.69, 9.17) is 28.7 Å². The fraction of sp³-hybridized carbons (Fsp3) is 0.526. The summed E-state index contributed by atoms with van der Waals surface area (Å²) in [6, 6.07) is 1.31. The molecule has 10 amide bonds. The number of imide groups is 1. The second-order valence-electron chi connectivity index (χ2n) is 21.0. The quantitative estimate of drug-likeness (QED) is 0.0142. The average molecular weight is 1220 g/mol. The van der Waals surface area contributed by atoms with E-state index >= 15 is 4.39 Å². The summed E-state index contributed by atoms with van der Waals surface area (Å²) in [6.45, 7) is 2.82. The number of benzene rings is 1. The van der Waals surface area contributed by atoms with Crippen LogP contribution in [0, 0.1) is 12.7 Å². The summed E-state index contributed by atoms with van der Waals surface area (Å²) >= 11 is 0. The zero-order valence-corrected chi connectivity index (χ0v) is 48.2. The van der Waals surface area contributed by atoms with Crippen LogP contribution < -0.4 is 42.8 Å². The summed E-state index contributed by atoms with van der Waals surface area (Å²) < 4.78 is 43.7. The molecule has 1 fully saturated rings. The third-order valence-electron chi connectivity index (χ3n) is 15.4. The van der Waals surface area contributed by atoms with Crippen LogP contribution in [0.5, 0.6) is 0 Å². The highest BCUT2D eigenvalue weighted by Crippen LogP contribution is 2.46. The molecule has 8 N–H and O–H groups in total. The number of esters is 1. The fourth-order valence-electron chi connectivity index (χ4n) is 10.8. The summed E-state index contributed by atoms with van der Waals surface area (Å²) in [5.74, 6) is -6.94. The molecule has 8 rings (SSSR count). The molecule has 1 aromatic carbocycles. The number of nitrogens with zero attached hydrogens (tertiary/aromatic N) is 4. The van der Waals surface area contributed by atoms with Gasteiger partial charge in [0, 0.05) is 67.2 Å². The molecule has 87 heavy (non-hydrogen) atoms. The lowest BCUT2D eigenvalue weighted by molar-refractivity contribution is -0.172. The number of carbonyl (C=O) groups is 11. The predicted octanol–water partition coefficient (Wildman–Crippen LogP) is -2.91. The highest BCUT2D eigenvalue weighted by atomic mass is 19.1. The van der Waals surface area contributed by atoms with Crippen molar-refractivity contribution in [2.45, 2.75) is 89.6 Å². The number of rotatable bonds is 31. The Hall–Kier alpha value is -8.58. The van der Waals surface area contributed by atoms with Crippen molar-refractivity contribution in [2.75, 3.05) is 105 Å². The normalized spacial score (nSPS) is 18.0. The van der Waals surface area contributed by atoms with Crippen LogP contribution in [0.15, 0.2) is 29.1 Å². The maximum absolute atomic E-state index is 15.5. The standard InChI is InChI=1S/C57H70FN11O18/c1-3-57(82)36-23-41-53-34(30-69(41)55(80)35(36)31-87-56(57)81)52-38(7-6-33-32(2)37(58)24-39(65-53)51(33)52)66-54(79)40-5-4-13-67(40)50(78)29-64-47(75)28-63-46(74)27-62-45(73)26-61-44(72)25-60-43(71)11-15-83-17-19-85-21-22-86-20-18-84-16-12-59-42(70)10-14-68-48(76)8-9-49(68)77/h8-9,23-24,38,40,82H,3-7,10-22,25-31H2,1-2H3,(H,59,70)(H,60,71)(H,61,72)(H,62,73)(H,63,74)(H,64,75)(H,66,79)/t38-,40+,57?/m1/s1. The topological polar surface area (TPSA) is 380 Å². The van der Waals surface area contributed by atoms with Gasteiger partial charge in [-0.05, 0) is 61.8 Å². The van der Waals surface area contributed by atoms with Gasteiger partial charge in [-0.1, -0.05) is 6.92 Å². The van der Waals surface area contributed by atoms with Gasteiger partial charge in [-0.3, -0.25) is 57.6 Å². The highest BCUT2D eigenvalue weighted by molar-refractivity contribution is 6.13. The molecule has 1 aliphatic carbocycles. The molecule has 3 atom stereocenters. The SMILES string of the molecule is CCC1(O)C(=O)OCc2c1cc1n(c2=O)Cc2c-1nc1cc(F)c(C)c3c1c2[C@H](NC(=O)[C@@H]1CCCN1C(=O)CNC(=O)CNC(=O)CNC(=O)CNC(=O)CNC(=O)CCOCCOCCOCCOCCNC(=O)CCN1C(=O)C=CC1=O)CC3. The van der Waals surface area contributed by atoms with E-state index in [0.717, 1.165) is 17.1 Å². The zero-order valence-electron chi connectivity index (χ0n) is 48.2. The Morgan fingerprint density at radius 2 is 1.29 bits per heavy atom. The van der Waals surface area contributed by atoms with Gasteiger partial charge in [-0.2, -0.15) is 0 Å². The Labute approximate surface area is 497 Å². The van der Waals surface area contributed by atoms with E-state index < -0.39 is 121 Å². The van der Waals surface area contributed by atoms with Crippen molar-refractivity contribution in [1.82, 2.24) is 56.6 Å². The monoisotopic (exact) mass is 1220 g/mol. The molecule has 0 radical (unpaired) electrons. The van der Waals surface area contributed by atoms with Gasteiger partial charge < -0.3 is 75.5 Å². The van der Waals surface area contributed by atoms with Crippen molar-refractivity contribution in [3.63, 3.8) is 0 Å². The van der Waals surface area contributed by atoms with E-state index in [2.05, 4.69) is 37.2 Å². The molecule has 468 valence electrons. The average Bonchev–Trinajstić information content (AvgIpc) is 1.66. The van der Waals surface area contributed by atoms with Gasteiger partial charge in [0.1, 0.15) is 18.5 Å². The molecule has 0 spiro atoms. The van der Waals surface area contributed by atoms with Crippen LogP contribution in [0.2, 0.25) is 0 Å². The van der Waals surface area contributed by atoms with Crippen LogP contribution in [0.1, 0.15) is 84.9 Å². The summed E-state index contributed by atoms with van der Waals surface area (Å²) in [6.07, 6.45) is 3.75. The van der Waals surface area contributed by atoms with Crippen LogP contribution in [-0.2, 0) is 102 Å². The number of hydrogen-bond donors (Lipinski definition) is 8. The van der Waals surface area contributed by atoms with Crippen molar-refractivity contribution in [1.29, 1.82) is 0 Å². The molecule has 5 aliphatic rings. The van der Waals surface area contributed by atoms with E-state index in [1.165, 1.54) is 15.5 Å². The number of amides is 10. The molecule has 6 heterocycles. The number of ether oxygens (including phenoxy) is 5. The Bertz CT molecular complexity index is 3300. The van der Waals surface area contributed by atoms with Crippen LogP contribution in [-0.4, -0.2) is 201 Å². The molecular weight excluding hydrogens is 1150 g/mol. The molecule has 1 saturated heterocycles. The third kappa shape index (κ3) is 15.7. The van der Waals surface area contributed by atoms with E-state index in [0.29, 0.717) is 83.4 Å². The summed E-state index contributed by atoms with van der Waals surface area (Å²) in [5.41, 5.74) is 1.07. The highest BCUT2D eigenvalue weighted by Gasteiger charge is 2.46. The largest absolute Gasteiger partial charge is 0.458 e.